The van der Waals surface area contributed by atoms with E-state index in [4.69, 9.17) is 4.74 Å². The normalized spacial score (nSPS) is 28.0. The summed E-state index contributed by atoms with van der Waals surface area (Å²) in [7, 11) is 0. The second-order valence-corrected chi connectivity index (χ2v) is 7.31. The molecule has 1 aromatic heterocycles. The van der Waals surface area contributed by atoms with E-state index < -0.39 is 0 Å². The molecule has 1 saturated carbocycles. The van der Waals surface area contributed by atoms with Gasteiger partial charge in [-0.05, 0) is 71.7 Å². The number of aromatic nitrogens is 1. The van der Waals surface area contributed by atoms with E-state index in [1.165, 1.54) is 0 Å². The molecular formula is C19H26BrNO2. The first kappa shape index (κ1) is 18.2. The van der Waals surface area contributed by atoms with Gasteiger partial charge in [0.25, 0.3) is 0 Å². The second kappa shape index (κ2) is 8.62. The van der Waals surface area contributed by atoms with Gasteiger partial charge in [-0.3, -0.25) is 9.78 Å². The Balaban J connectivity index is 2.11. The lowest BCUT2D eigenvalue weighted by Crippen LogP contribution is -2.34. The molecule has 0 amide bonds. The van der Waals surface area contributed by atoms with Gasteiger partial charge in [-0.1, -0.05) is 26.3 Å². The fourth-order valence-electron chi connectivity index (χ4n) is 3.73. The van der Waals surface area contributed by atoms with Crippen molar-refractivity contribution in [3.8, 4) is 0 Å². The molecule has 2 unspecified atom stereocenters. The van der Waals surface area contributed by atoms with Crippen LogP contribution in [0.4, 0.5) is 0 Å². The lowest BCUT2D eigenvalue weighted by molar-refractivity contribution is -0.150. The van der Waals surface area contributed by atoms with Crippen molar-refractivity contribution in [1.82, 2.24) is 4.98 Å². The van der Waals surface area contributed by atoms with E-state index in [0.717, 1.165) is 29.4 Å². The van der Waals surface area contributed by atoms with Gasteiger partial charge in [0.1, 0.15) is 0 Å². The minimum absolute atomic E-state index is 0.0280. The van der Waals surface area contributed by atoms with Crippen molar-refractivity contribution in [2.45, 2.75) is 40.0 Å². The van der Waals surface area contributed by atoms with Crippen LogP contribution in [0, 0.1) is 23.7 Å². The van der Waals surface area contributed by atoms with Gasteiger partial charge in [0.15, 0.2) is 0 Å². The smallest absolute Gasteiger partial charge is 0.308 e. The molecule has 23 heavy (non-hydrogen) atoms. The molecule has 0 radical (unpaired) electrons. The van der Waals surface area contributed by atoms with Gasteiger partial charge in [0.2, 0.25) is 0 Å². The SMILES string of the molecule is CCOC(=O)C1C[C@@H](/C=C/c2ccc(Br)cn2)C(CC)[C@@H](C)C1. The Kier molecular flexibility index (Phi) is 6.82. The summed E-state index contributed by atoms with van der Waals surface area (Å²) < 4.78 is 6.22. The standard InChI is InChI=1S/C19H26BrNO2/c1-4-18-13(3)10-15(19(22)23-5-2)11-14(18)6-8-17-9-7-16(20)12-21-17/h6-9,12-15,18H,4-5,10-11H2,1-3H3/b8-6+/t13-,14+,15?,18?/m0/s1. The molecule has 1 aliphatic carbocycles. The highest BCUT2D eigenvalue weighted by Crippen LogP contribution is 2.41. The van der Waals surface area contributed by atoms with Gasteiger partial charge in [0, 0.05) is 10.7 Å². The predicted molar refractivity (Wildman–Crippen MR) is 96.8 cm³/mol. The van der Waals surface area contributed by atoms with Crippen molar-refractivity contribution in [3.63, 3.8) is 0 Å². The zero-order chi connectivity index (χ0) is 16.8. The number of allylic oxidation sites excluding steroid dienone is 1. The van der Waals surface area contributed by atoms with Crippen LogP contribution in [0.5, 0.6) is 0 Å². The van der Waals surface area contributed by atoms with E-state index in [9.17, 15) is 4.79 Å². The summed E-state index contributed by atoms with van der Waals surface area (Å²) in [5, 5.41) is 0. The number of carbonyl (C=O) groups is 1. The van der Waals surface area contributed by atoms with E-state index in [2.05, 4.69) is 46.9 Å². The number of nitrogens with zero attached hydrogens (tertiary/aromatic N) is 1. The molecule has 4 heteroatoms. The lowest BCUT2D eigenvalue weighted by Gasteiger charge is -2.38. The minimum atomic E-state index is -0.0333. The molecule has 0 aromatic carbocycles. The molecule has 0 spiro atoms. The van der Waals surface area contributed by atoms with Crippen LogP contribution in [0.1, 0.15) is 45.7 Å². The van der Waals surface area contributed by atoms with Gasteiger partial charge in [-0.15, -0.1) is 0 Å². The Morgan fingerprint density at radius 2 is 2.17 bits per heavy atom. The van der Waals surface area contributed by atoms with Gasteiger partial charge in [0.05, 0.1) is 18.2 Å². The number of hydrogen-bond donors (Lipinski definition) is 0. The molecule has 3 nitrogen and oxygen atoms in total. The third-order valence-electron chi connectivity index (χ3n) is 4.85. The van der Waals surface area contributed by atoms with E-state index >= 15 is 0 Å². The summed E-state index contributed by atoms with van der Waals surface area (Å²) in [5.74, 6) is 1.56. The molecule has 1 fully saturated rings. The quantitative estimate of drug-likeness (QED) is 0.667. The summed E-state index contributed by atoms with van der Waals surface area (Å²) in [5.41, 5.74) is 0.953. The number of ether oxygens (including phenoxy) is 1. The molecule has 1 aromatic rings. The van der Waals surface area contributed by atoms with Gasteiger partial charge < -0.3 is 4.74 Å². The summed E-state index contributed by atoms with van der Waals surface area (Å²) >= 11 is 3.40. The largest absolute Gasteiger partial charge is 0.466 e. The van der Waals surface area contributed by atoms with Crippen LogP contribution in [0.3, 0.4) is 0 Å². The molecule has 4 atom stereocenters. The number of carbonyl (C=O) groups excluding carboxylic acids is 1. The van der Waals surface area contributed by atoms with Crippen LogP contribution < -0.4 is 0 Å². The number of esters is 1. The summed E-state index contributed by atoms with van der Waals surface area (Å²) in [6.07, 6.45) is 9.10. The molecule has 2 rings (SSSR count). The van der Waals surface area contributed by atoms with E-state index in [1.807, 2.05) is 25.3 Å². The zero-order valence-corrected chi connectivity index (χ0v) is 15.8. The van der Waals surface area contributed by atoms with Crippen molar-refractivity contribution >= 4 is 28.0 Å². The van der Waals surface area contributed by atoms with Crippen LogP contribution in [0.25, 0.3) is 6.08 Å². The molecule has 1 aliphatic rings. The molecule has 0 N–H and O–H groups in total. The van der Waals surface area contributed by atoms with Gasteiger partial charge in [-0.25, -0.2) is 0 Å². The minimum Gasteiger partial charge on any atom is -0.466 e. The lowest BCUT2D eigenvalue weighted by atomic mass is 9.67. The predicted octanol–water partition coefficient (Wildman–Crippen LogP) is 5.11. The molecule has 0 saturated heterocycles. The average Bonchev–Trinajstić information content (AvgIpc) is 2.54. The monoisotopic (exact) mass is 379 g/mol. The number of pyridine rings is 1. The van der Waals surface area contributed by atoms with Gasteiger partial charge >= 0.3 is 5.97 Å². The maximum atomic E-state index is 12.1. The van der Waals surface area contributed by atoms with E-state index in [1.54, 1.807) is 0 Å². The fourth-order valence-corrected chi connectivity index (χ4v) is 3.97. The Morgan fingerprint density at radius 3 is 2.78 bits per heavy atom. The van der Waals surface area contributed by atoms with Crippen LogP contribution >= 0.6 is 15.9 Å². The summed E-state index contributed by atoms with van der Waals surface area (Å²) in [4.78, 5) is 16.5. The maximum absolute atomic E-state index is 12.1. The first-order valence-corrected chi connectivity index (χ1v) is 9.30. The number of hydrogen-bond acceptors (Lipinski definition) is 3. The van der Waals surface area contributed by atoms with Crippen LogP contribution in [-0.2, 0) is 9.53 Å². The number of halogens is 1. The van der Waals surface area contributed by atoms with Crippen molar-refractivity contribution < 1.29 is 9.53 Å². The molecular weight excluding hydrogens is 354 g/mol. The Hall–Kier alpha value is -1.16. The zero-order valence-electron chi connectivity index (χ0n) is 14.2. The van der Waals surface area contributed by atoms with Crippen molar-refractivity contribution in [2.24, 2.45) is 23.7 Å². The highest BCUT2D eigenvalue weighted by molar-refractivity contribution is 9.10. The highest BCUT2D eigenvalue weighted by Gasteiger charge is 2.36. The van der Waals surface area contributed by atoms with Crippen molar-refractivity contribution in [2.75, 3.05) is 6.61 Å². The summed E-state index contributed by atoms with van der Waals surface area (Å²) in [6, 6.07) is 3.99. The van der Waals surface area contributed by atoms with Crippen molar-refractivity contribution in [1.29, 1.82) is 0 Å². The molecule has 126 valence electrons. The van der Waals surface area contributed by atoms with Crippen LogP contribution in [0.2, 0.25) is 0 Å². The third-order valence-corrected chi connectivity index (χ3v) is 5.32. The van der Waals surface area contributed by atoms with E-state index in [0.29, 0.717) is 24.4 Å². The van der Waals surface area contributed by atoms with Crippen LogP contribution in [-0.4, -0.2) is 17.6 Å². The third kappa shape index (κ3) is 4.90. The fraction of sp³-hybridized carbons (Fsp3) is 0.579. The summed E-state index contributed by atoms with van der Waals surface area (Å²) in [6.45, 7) is 6.84. The number of rotatable bonds is 5. The van der Waals surface area contributed by atoms with Crippen LogP contribution in [0.15, 0.2) is 28.9 Å². The Bertz CT molecular complexity index is 541. The molecule has 0 aliphatic heterocycles. The second-order valence-electron chi connectivity index (χ2n) is 6.39. The molecule has 1 heterocycles. The van der Waals surface area contributed by atoms with Gasteiger partial charge in [-0.2, -0.15) is 0 Å². The van der Waals surface area contributed by atoms with Crippen molar-refractivity contribution in [3.05, 3.63) is 34.6 Å². The maximum Gasteiger partial charge on any atom is 0.308 e. The van der Waals surface area contributed by atoms with E-state index in [-0.39, 0.29) is 11.9 Å². The Morgan fingerprint density at radius 1 is 1.39 bits per heavy atom. The Labute approximate surface area is 147 Å². The topological polar surface area (TPSA) is 39.2 Å². The molecule has 0 bridgehead atoms. The highest BCUT2D eigenvalue weighted by atomic mass is 79.9. The first-order valence-electron chi connectivity index (χ1n) is 8.51. The first-order chi connectivity index (χ1) is 11.0. The average molecular weight is 380 g/mol.